The summed E-state index contributed by atoms with van der Waals surface area (Å²) in [4.78, 5) is 51.9. The van der Waals surface area contributed by atoms with E-state index in [-0.39, 0.29) is 34.3 Å². The Bertz CT molecular complexity index is 1960. The van der Waals surface area contributed by atoms with E-state index in [2.05, 4.69) is 30.0 Å². The second-order valence-corrected chi connectivity index (χ2v) is 13.3. The number of phosphoric ester groups is 2. The maximum atomic E-state index is 15.9. The first kappa shape index (κ1) is 31.1. The molecule has 22 nitrogen and oxygen atoms in total. The first-order chi connectivity index (χ1) is 21.9. The van der Waals surface area contributed by atoms with Gasteiger partial charge in [-0.25, -0.2) is 33.0 Å². The first-order valence-corrected chi connectivity index (χ1v) is 16.4. The van der Waals surface area contributed by atoms with Crippen molar-refractivity contribution in [1.29, 1.82) is 0 Å². The van der Waals surface area contributed by atoms with Crippen LogP contribution >= 0.6 is 15.6 Å². The van der Waals surface area contributed by atoms with Gasteiger partial charge in [0.2, 0.25) is 5.95 Å². The quantitative estimate of drug-likeness (QED) is 0.136. The summed E-state index contributed by atoms with van der Waals surface area (Å²) in [6, 6.07) is 0. The number of phosphoric acid groups is 2. The van der Waals surface area contributed by atoms with E-state index >= 15 is 4.39 Å². The number of imidazole rings is 2. The van der Waals surface area contributed by atoms with E-state index in [0.717, 1.165) is 21.7 Å². The minimum Gasteiger partial charge on any atom is -0.396 e. The van der Waals surface area contributed by atoms with Crippen LogP contribution in [0.4, 0.5) is 16.2 Å². The van der Waals surface area contributed by atoms with Crippen LogP contribution in [0.15, 0.2) is 23.6 Å². The molecule has 25 heteroatoms. The number of nitrogen functional groups attached to an aromatic ring is 2. The van der Waals surface area contributed by atoms with Gasteiger partial charge in [-0.05, 0) is 0 Å². The van der Waals surface area contributed by atoms with Crippen molar-refractivity contribution in [3.8, 4) is 0 Å². The summed E-state index contributed by atoms with van der Waals surface area (Å²) >= 11 is 0. The number of anilines is 2. The lowest BCUT2D eigenvalue weighted by atomic mass is 9.99. The van der Waals surface area contributed by atoms with Crippen molar-refractivity contribution in [1.82, 2.24) is 39.1 Å². The second kappa shape index (κ2) is 11.3. The molecule has 7 rings (SSSR count). The maximum Gasteiger partial charge on any atom is 0.472 e. The molecular weight excluding hydrogens is 665 g/mol. The van der Waals surface area contributed by atoms with Gasteiger partial charge in [0.25, 0.3) is 5.56 Å². The number of aliphatic hydroxyl groups is 1. The van der Waals surface area contributed by atoms with Crippen molar-refractivity contribution >= 4 is 44.2 Å². The number of nitrogens with zero attached hydrogens (tertiary/aromatic N) is 7. The molecule has 8 N–H and O–H groups in total. The second-order valence-electron chi connectivity index (χ2n) is 10.5. The summed E-state index contributed by atoms with van der Waals surface area (Å²) in [7, 11) is -10.2. The number of fused-ring (bicyclic) bond motifs is 5. The van der Waals surface area contributed by atoms with Gasteiger partial charge in [0, 0.05) is 5.92 Å². The summed E-state index contributed by atoms with van der Waals surface area (Å²) < 4.78 is 77.3. The fraction of sp³-hybridized carbons (Fsp3) is 0.524. The summed E-state index contributed by atoms with van der Waals surface area (Å²) in [6.07, 6.45) is -8.00. The zero-order valence-corrected chi connectivity index (χ0v) is 24.8. The van der Waals surface area contributed by atoms with Crippen molar-refractivity contribution in [3.63, 3.8) is 0 Å². The number of aliphatic hydroxyl groups excluding tert-OH is 1. The number of nitrogens with two attached hydrogens (primary N) is 2. The number of nitrogens with one attached hydrogen (secondary N) is 1. The predicted octanol–water partition coefficient (Wildman–Crippen LogP) is -1.28. The van der Waals surface area contributed by atoms with E-state index in [1.807, 2.05) is 0 Å². The number of rotatable bonds is 3. The van der Waals surface area contributed by atoms with Crippen molar-refractivity contribution in [3.05, 3.63) is 34.9 Å². The number of hydrogen-bond acceptors (Lipinski definition) is 17. The van der Waals surface area contributed by atoms with Crippen LogP contribution in [-0.2, 0) is 36.7 Å². The van der Waals surface area contributed by atoms with Crippen LogP contribution in [0.1, 0.15) is 18.0 Å². The molecule has 3 aliphatic rings. The summed E-state index contributed by atoms with van der Waals surface area (Å²) in [5, 5.41) is 14.2. The Morgan fingerprint density at radius 3 is 2.48 bits per heavy atom. The number of aromatic amines is 1. The Kier molecular flexibility index (Phi) is 7.68. The van der Waals surface area contributed by atoms with Crippen LogP contribution in [0.2, 0.25) is 0 Å². The van der Waals surface area contributed by atoms with Gasteiger partial charge >= 0.3 is 15.6 Å². The number of halogens is 1. The fourth-order valence-corrected chi connectivity index (χ4v) is 7.53. The minimum absolute atomic E-state index is 0.0190. The number of ether oxygens (including phenoxy) is 2. The lowest BCUT2D eigenvalue weighted by Gasteiger charge is -2.26. The molecule has 2 bridgehead atoms. The average Bonchev–Trinajstić information content (AvgIpc) is 3.75. The molecule has 3 fully saturated rings. The van der Waals surface area contributed by atoms with Gasteiger partial charge in [0.15, 0.2) is 35.0 Å². The third-order valence-corrected chi connectivity index (χ3v) is 9.65. The van der Waals surface area contributed by atoms with Gasteiger partial charge < -0.3 is 35.8 Å². The zero-order valence-electron chi connectivity index (χ0n) is 23.0. The highest BCUT2D eigenvalue weighted by Crippen LogP contribution is 2.55. The van der Waals surface area contributed by atoms with Crippen LogP contribution < -0.4 is 17.0 Å². The van der Waals surface area contributed by atoms with Gasteiger partial charge in [0.1, 0.15) is 30.7 Å². The molecular formula is C21H25FN10O12P2. The molecule has 0 aromatic carbocycles. The molecule has 0 spiro atoms. The standard InChI is InChI=1S/C21H25FN10O12P2/c22-11-14(8-1-25-18-16(23)26-5-28-32(8)18)41-10-4-40-45(35,36)43-13-7(2-33)9(3-39-46(37,38)44-15(10)11)42-20(13)31-6-27-12-17(31)29-21(24)30-19(12)34/h1,5-7,9-11,13-15,20,33H,2-4H2,(H,35,36)(H,37,38)(H2,23,26,28)(H3,24,29,30,34). The summed E-state index contributed by atoms with van der Waals surface area (Å²) in [5.74, 6) is -1.49. The molecule has 3 saturated heterocycles. The highest BCUT2D eigenvalue weighted by atomic mass is 31.2. The molecule has 3 aliphatic heterocycles. The van der Waals surface area contributed by atoms with E-state index < -0.39 is 89.9 Å². The molecule has 46 heavy (non-hydrogen) atoms. The predicted molar refractivity (Wildman–Crippen MR) is 146 cm³/mol. The van der Waals surface area contributed by atoms with Crippen LogP contribution in [0, 0.1) is 5.92 Å². The van der Waals surface area contributed by atoms with E-state index in [9.17, 15) is 28.8 Å². The monoisotopic (exact) mass is 690 g/mol. The molecule has 10 unspecified atom stereocenters. The smallest absolute Gasteiger partial charge is 0.396 e. The Labute approximate surface area is 254 Å². The van der Waals surface area contributed by atoms with Crippen molar-refractivity contribution < 1.29 is 56.0 Å². The number of H-pyrrole nitrogens is 1. The molecule has 4 aromatic heterocycles. The van der Waals surface area contributed by atoms with E-state index in [4.69, 9.17) is 39.0 Å². The van der Waals surface area contributed by atoms with Crippen molar-refractivity contribution in [2.75, 3.05) is 31.3 Å². The summed E-state index contributed by atoms with van der Waals surface area (Å²) in [5.41, 5.74) is 10.6. The maximum absolute atomic E-state index is 15.9. The molecule has 0 saturated carbocycles. The molecule has 7 heterocycles. The van der Waals surface area contributed by atoms with E-state index in [1.165, 1.54) is 6.20 Å². The third kappa shape index (κ3) is 5.38. The van der Waals surface area contributed by atoms with Crippen molar-refractivity contribution in [2.45, 2.75) is 42.9 Å². The molecule has 0 radical (unpaired) electrons. The molecule has 248 valence electrons. The molecule has 10 atom stereocenters. The Balaban J connectivity index is 1.22. The average molecular weight is 690 g/mol. The highest BCUT2D eigenvalue weighted by molar-refractivity contribution is 7.47. The van der Waals surface area contributed by atoms with E-state index in [1.54, 1.807) is 0 Å². The molecule has 0 amide bonds. The largest absolute Gasteiger partial charge is 0.472 e. The van der Waals surface area contributed by atoms with E-state index in [0.29, 0.717) is 0 Å². The van der Waals surface area contributed by atoms with Crippen molar-refractivity contribution in [2.24, 2.45) is 5.92 Å². The zero-order chi connectivity index (χ0) is 32.5. The van der Waals surface area contributed by atoms with Gasteiger partial charge in [-0.15, -0.1) is 0 Å². The highest BCUT2D eigenvalue weighted by Gasteiger charge is 2.54. The number of alkyl halides is 1. The van der Waals surface area contributed by atoms with Gasteiger partial charge in [-0.3, -0.25) is 32.4 Å². The first-order valence-electron chi connectivity index (χ1n) is 13.4. The third-order valence-electron chi connectivity index (χ3n) is 7.68. The summed E-state index contributed by atoms with van der Waals surface area (Å²) in [6.45, 7) is -2.39. The van der Waals surface area contributed by atoms with Crippen LogP contribution in [0.25, 0.3) is 16.8 Å². The minimum atomic E-state index is -5.12. The van der Waals surface area contributed by atoms with Crippen LogP contribution in [0.3, 0.4) is 0 Å². The van der Waals surface area contributed by atoms with Crippen LogP contribution in [-0.4, -0.2) is 104 Å². The Morgan fingerprint density at radius 2 is 1.74 bits per heavy atom. The topological polar surface area (TPSA) is 309 Å². The van der Waals surface area contributed by atoms with Gasteiger partial charge in [-0.1, -0.05) is 0 Å². The molecule has 0 aliphatic carbocycles. The SMILES string of the molecule is Nc1nc2c(ncn2C2OC3COP(=O)(O)OC4C(COP(=O)(O)OC2C3CO)OC(c2cnc3c(N)ncnn23)C4F)c(=O)[nH]1. The Morgan fingerprint density at radius 1 is 1.02 bits per heavy atom. The van der Waals surface area contributed by atoms with Gasteiger partial charge in [0.05, 0.1) is 44.1 Å². The normalized spacial score (nSPS) is 37.1. The number of aromatic nitrogens is 8. The van der Waals surface area contributed by atoms with Gasteiger partial charge in [-0.2, -0.15) is 10.1 Å². The number of hydrogen-bond donors (Lipinski definition) is 6. The fourth-order valence-electron chi connectivity index (χ4n) is 5.61. The van der Waals surface area contributed by atoms with Crippen LogP contribution in [0.5, 0.6) is 0 Å². The lowest BCUT2D eigenvalue weighted by Crippen LogP contribution is -2.34. The lowest BCUT2D eigenvalue weighted by molar-refractivity contribution is -0.0630. The molecule has 4 aromatic rings. The Hall–Kier alpha value is -3.47.